The Morgan fingerprint density at radius 1 is 1.00 bits per heavy atom. The molecular formula is C23H27N7O2S. The van der Waals surface area contributed by atoms with Gasteiger partial charge in [-0.25, -0.2) is 15.0 Å². The number of hydrogen-bond acceptors (Lipinski definition) is 9. The number of rotatable bonds is 6. The summed E-state index contributed by atoms with van der Waals surface area (Å²) in [4.78, 5) is 37.4. The van der Waals surface area contributed by atoms with Crippen molar-refractivity contribution >= 4 is 34.4 Å². The van der Waals surface area contributed by atoms with E-state index in [0.717, 1.165) is 67.0 Å². The van der Waals surface area contributed by atoms with Gasteiger partial charge in [0.05, 0.1) is 37.2 Å². The van der Waals surface area contributed by atoms with Gasteiger partial charge in [0.1, 0.15) is 16.7 Å². The van der Waals surface area contributed by atoms with Crippen LogP contribution < -0.4 is 4.90 Å². The standard InChI is InChI=1S/C23H27N7O2S/c31-22(30-9-7-29(8-10-30)21-15-24-5-6-25-21)17-33-23-18-3-1-2-4-19(18)26-20(27-23)16-28-11-13-32-14-12-28/h1-6,15H,7-14,16-17H2. The molecule has 0 unspecified atom stereocenters. The molecule has 2 fully saturated rings. The molecule has 1 aromatic carbocycles. The third-order valence-corrected chi connectivity index (χ3v) is 6.90. The van der Waals surface area contributed by atoms with E-state index in [1.165, 1.54) is 11.8 Å². The maximum atomic E-state index is 12.9. The van der Waals surface area contributed by atoms with Crippen molar-refractivity contribution in [3.63, 3.8) is 0 Å². The van der Waals surface area contributed by atoms with Gasteiger partial charge in [-0.3, -0.25) is 14.7 Å². The Balaban J connectivity index is 1.23. The van der Waals surface area contributed by atoms with Crippen LogP contribution in [0, 0.1) is 0 Å². The van der Waals surface area contributed by atoms with Crippen molar-refractivity contribution in [1.29, 1.82) is 0 Å². The molecule has 0 N–H and O–H groups in total. The fourth-order valence-corrected chi connectivity index (χ4v) is 5.04. The van der Waals surface area contributed by atoms with E-state index in [1.54, 1.807) is 18.6 Å². The number of ether oxygens (including phenoxy) is 1. The maximum Gasteiger partial charge on any atom is 0.233 e. The number of hydrogen-bond donors (Lipinski definition) is 0. The Hall–Kier alpha value is -2.82. The Bertz CT molecular complexity index is 1090. The summed E-state index contributed by atoms with van der Waals surface area (Å²) < 4.78 is 5.45. The lowest BCUT2D eigenvalue weighted by molar-refractivity contribution is -0.128. The first-order chi connectivity index (χ1) is 16.3. The highest BCUT2D eigenvalue weighted by molar-refractivity contribution is 8.00. The largest absolute Gasteiger partial charge is 0.379 e. The second-order valence-corrected chi connectivity index (χ2v) is 9.03. The quantitative estimate of drug-likeness (QED) is 0.399. The van der Waals surface area contributed by atoms with Crippen LogP contribution in [0.5, 0.6) is 0 Å². The van der Waals surface area contributed by atoms with Crippen molar-refractivity contribution in [1.82, 2.24) is 29.7 Å². The van der Waals surface area contributed by atoms with Gasteiger partial charge in [-0.2, -0.15) is 0 Å². The molecule has 33 heavy (non-hydrogen) atoms. The number of morpholine rings is 1. The van der Waals surface area contributed by atoms with Crippen LogP contribution in [-0.2, 0) is 16.1 Å². The van der Waals surface area contributed by atoms with Crippen molar-refractivity contribution in [2.75, 3.05) is 63.1 Å². The van der Waals surface area contributed by atoms with Crippen LogP contribution in [0.3, 0.4) is 0 Å². The molecule has 2 aliphatic rings. The van der Waals surface area contributed by atoms with Gasteiger partial charge in [0.2, 0.25) is 5.91 Å². The summed E-state index contributed by atoms with van der Waals surface area (Å²) in [7, 11) is 0. The molecule has 0 radical (unpaired) electrons. The molecule has 9 nitrogen and oxygen atoms in total. The number of nitrogens with zero attached hydrogens (tertiary/aromatic N) is 7. The smallest absolute Gasteiger partial charge is 0.233 e. The van der Waals surface area contributed by atoms with E-state index in [4.69, 9.17) is 14.7 Å². The molecule has 2 aliphatic heterocycles. The van der Waals surface area contributed by atoms with Gasteiger partial charge in [0, 0.05) is 57.0 Å². The topological polar surface area (TPSA) is 87.6 Å². The molecule has 0 atom stereocenters. The Morgan fingerprint density at radius 3 is 2.61 bits per heavy atom. The van der Waals surface area contributed by atoms with Crippen molar-refractivity contribution in [2.45, 2.75) is 11.6 Å². The third kappa shape index (κ3) is 5.40. The summed E-state index contributed by atoms with van der Waals surface area (Å²) in [6.45, 7) is 6.84. The first-order valence-corrected chi connectivity index (χ1v) is 12.2. The molecule has 2 saturated heterocycles. The van der Waals surface area contributed by atoms with Crippen LogP contribution in [0.4, 0.5) is 5.82 Å². The van der Waals surface area contributed by atoms with Gasteiger partial charge in [-0.1, -0.05) is 30.0 Å². The van der Waals surface area contributed by atoms with Crippen LogP contribution >= 0.6 is 11.8 Å². The van der Waals surface area contributed by atoms with Gasteiger partial charge < -0.3 is 14.5 Å². The number of carbonyl (C=O) groups excluding carboxylic acids is 1. The number of anilines is 1. The molecular weight excluding hydrogens is 438 g/mol. The van der Waals surface area contributed by atoms with Crippen molar-refractivity contribution in [2.24, 2.45) is 0 Å². The predicted molar refractivity (Wildman–Crippen MR) is 127 cm³/mol. The zero-order valence-electron chi connectivity index (χ0n) is 18.5. The van der Waals surface area contributed by atoms with Crippen molar-refractivity contribution in [3.8, 4) is 0 Å². The van der Waals surface area contributed by atoms with E-state index < -0.39 is 0 Å². The van der Waals surface area contributed by atoms with Gasteiger partial charge in [0.25, 0.3) is 0 Å². The van der Waals surface area contributed by atoms with Crippen LogP contribution in [0.2, 0.25) is 0 Å². The van der Waals surface area contributed by atoms with Gasteiger partial charge in [0.15, 0.2) is 0 Å². The van der Waals surface area contributed by atoms with Gasteiger partial charge >= 0.3 is 0 Å². The maximum absolute atomic E-state index is 12.9. The molecule has 0 aliphatic carbocycles. The first kappa shape index (κ1) is 22.0. The monoisotopic (exact) mass is 465 g/mol. The number of aromatic nitrogens is 4. The van der Waals surface area contributed by atoms with E-state index in [-0.39, 0.29) is 5.91 Å². The summed E-state index contributed by atoms with van der Waals surface area (Å²) in [5.74, 6) is 2.15. The van der Waals surface area contributed by atoms with Gasteiger partial charge in [-0.15, -0.1) is 0 Å². The molecule has 0 spiro atoms. The van der Waals surface area contributed by atoms with E-state index >= 15 is 0 Å². The predicted octanol–water partition coefficient (Wildman–Crippen LogP) is 1.69. The van der Waals surface area contributed by atoms with Crippen LogP contribution in [0.25, 0.3) is 10.9 Å². The molecule has 172 valence electrons. The minimum Gasteiger partial charge on any atom is -0.379 e. The first-order valence-electron chi connectivity index (χ1n) is 11.2. The Kier molecular flexibility index (Phi) is 6.94. The number of piperazine rings is 1. The second kappa shape index (κ2) is 10.4. The number of thioether (sulfide) groups is 1. The average Bonchev–Trinajstić information content (AvgIpc) is 2.88. The molecule has 5 rings (SSSR count). The highest BCUT2D eigenvalue weighted by atomic mass is 32.2. The average molecular weight is 466 g/mol. The van der Waals surface area contributed by atoms with Crippen molar-refractivity contribution in [3.05, 3.63) is 48.7 Å². The van der Waals surface area contributed by atoms with Crippen LogP contribution in [0.15, 0.2) is 47.9 Å². The number of benzene rings is 1. The molecule has 2 aromatic heterocycles. The Labute approximate surface area is 197 Å². The summed E-state index contributed by atoms with van der Waals surface area (Å²) in [6, 6.07) is 8.02. The SMILES string of the molecule is O=C(CSc1nc(CN2CCOCC2)nc2ccccc12)N1CCN(c2cnccn2)CC1. The zero-order valence-corrected chi connectivity index (χ0v) is 19.3. The van der Waals surface area contributed by atoms with E-state index in [0.29, 0.717) is 25.4 Å². The molecule has 0 bridgehead atoms. The summed E-state index contributed by atoms with van der Waals surface area (Å²) in [6.07, 6.45) is 5.13. The number of carbonyl (C=O) groups is 1. The fourth-order valence-electron chi connectivity index (χ4n) is 4.09. The number of amides is 1. The number of para-hydroxylation sites is 1. The molecule has 1 amide bonds. The molecule has 10 heteroatoms. The van der Waals surface area contributed by atoms with E-state index in [9.17, 15) is 4.79 Å². The number of fused-ring (bicyclic) bond motifs is 1. The molecule has 0 saturated carbocycles. The lowest BCUT2D eigenvalue weighted by Gasteiger charge is -2.35. The summed E-state index contributed by atoms with van der Waals surface area (Å²) in [5.41, 5.74) is 0.920. The highest BCUT2D eigenvalue weighted by Crippen LogP contribution is 2.26. The normalized spacial score (nSPS) is 17.5. The fraction of sp³-hybridized carbons (Fsp3) is 0.435. The van der Waals surface area contributed by atoms with Gasteiger partial charge in [-0.05, 0) is 6.07 Å². The second-order valence-electron chi connectivity index (χ2n) is 8.07. The molecule has 3 aromatic rings. The minimum absolute atomic E-state index is 0.135. The highest BCUT2D eigenvalue weighted by Gasteiger charge is 2.23. The lowest BCUT2D eigenvalue weighted by Crippen LogP contribution is -2.49. The molecule has 4 heterocycles. The summed E-state index contributed by atoms with van der Waals surface area (Å²) in [5, 5.41) is 1.86. The van der Waals surface area contributed by atoms with E-state index in [2.05, 4.69) is 19.8 Å². The van der Waals surface area contributed by atoms with Crippen LogP contribution in [-0.4, -0.2) is 93.9 Å². The van der Waals surface area contributed by atoms with Crippen LogP contribution in [0.1, 0.15) is 5.82 Å². The Morgan fingerprint density at radius 2 is 1.82 bits per heavy atom. The zero-order chi connectivity index (χ0) is 22.5. The van der Waals surface area contributed by atoms with Crippen molar-refractivity contribution < 1.29 is 9.53 Å². The summed E-state index contributed by atoms with van der Waals surface area (Å²) >= 11 is 1.50. The minimum atomic E-state index is 0.135. The third-order valence-electron chi connectivity index (χ3n) is 5.92. The van der Waals surface area contributed by atoms with E-state index in [1.807, 2.05) is 29.2 Å². The lowest BCUT2D eigenvalue weighted by atomic mass is 10.2.